The fourth-order valence-corrected chi connectivity index (χ4v) is 1.28. The molecule has 15 heavy (non-hydrogen) atoms. The van der Waals surface area contributed by atoms with Crippen molar-refractivity contribution in [1.29, 1.82) is 0 Å². The van der Waals surface area contributed by atoms with E-state index in [9.17, 15) is 4.79 Å². The molecule has 2 N–H and O–H groups in total. The molecule has 2 rings (SSSR count). The van der Waals surface area contributed by atoms with Crippen LogP contribution in [-0.2, 0) is 0 Å². The Morgan fingerprint density at radius 2 is 1.87 bits per heavy atom. The van der Waals surface area contributed by atoms with Gasteiger partial charge in [0.15, 0.2) is 5.76 Å². The van der Waals surface area contributed by atoms with E-state index in [-0.39, 0.29) is 5.76 Å². The Labute approximate surface area is 87.5 Å². The number of carbonyl (C=O) groups excluding carboxylic acids is 1. The fourth-order valence-electron chi connectivity index (χ4n) is 1.28. The van der Waals surface area contributed by atoms with Crippen molar-refractivity contribution >= 4 is 5.91 Å². The molecule has 1 heterocycles. The van der Waals surface area contributed by atoms with E-state index in [0.29, 0.717) is 5.76 Å². The number of nitrogens with two attached hydrogens (primary N) is 1. The first-order chi connectivity index (χ1) is 7.25. The Morgan fingerprint density at radius 1 is 1.13 bits per heavy atom. The van der Waals surface area contributed by atoms with Crippen LogP contribution in [0.3, 0.4) is 0 Å². The molecular formula is C12H10NO2. The molecule has 0 aliphatic carbocycles. The standard InChI is InChI=1S/C12H10NO2/c13-12(14)11-7-6-10(15-11)8-9-4-2-1-3-5-9/h1-8H,(H2,13,14). The molecule has 0 atom stereocenters. The smallest absolute Gasteiger partial charge is 0.284 e. The molecule has 2 aromatic rings. The highest BCUT2D eigenvalue weighted by molar-refractivity contribution is 5.89. The summed E-state index contributed by atoms with van der Waals surface area (Å²) in [7, 11) is 0. The molecule has 1 amide bonds. The number of benzene rings is 1. The Bertz CT molecular complexity index is 459. The molecule has 0 aliphatic rings. The largest absolute Gasteiger partial charge is 0.455 e. The third-order valence-electron chi connectivity index (χ3n) is 1.98. The molecule has 1 aromatic heterocycles. The predicted octanol–water partition coefficient (Wildman–Crippen LogP) is 1.98. The SMILES string of the molecule is NC(=O)c1ccc([CH]c2ccccc2)o1. The van der Waals surface area contributed by atoms with E-state index in [2.05, 4.69) is 0 Å². The topological polar surface area (TPSA) is 56.2 Å². The van der Waals surface area contributed by atoms with Gasteiger partial charge in [-0.15, -0.1) is 0 Å². The Balaban J connectivity index is 2.15. The lowest BCUT2D eigenvalue weighted by Gasteiger charge is -1.96. The van der Waals surface area contributed by atoms with E-state index < -0.39 is 5.91 Å². The minimum atomic E-state index is -0.553. The van der Waals surface area contributed by atoms with E-state index in [0.717, 1.165) is 5.56 Å². The second-order valence-corrected chi connectivity index (χ2v) is 3.12. The van der Waals surface area contributed by atoms with Gasteiger partial charge < -0.3 is 10.2 Å². The maximum absolute atomic E-state index is 10.8. The maximum atomic E-state index is 10.8. The van der Waals surface area contributed by atoms with Crippen LogP contribution in [0.4, 0.5) is 0 Å². The zero-order valence-corrected chi connectivity index (χ0v) is 8.01. The third-order valence-corrected chi connectivity index (χ3v) is 1.98. The molecule has 1 radical (unpaired) electrons. The van der Waals surface area contributed by atoms with Crippen LogP contribution in [0.5, 0.6) is 0 Å². The number of hydrogen-bond acceptors (Lipinski definition) is 2. The number of primary amides is 1. The monoisotopic (exact) mass is 200 g/mol. The first kappa shape index (κ1) is 9.52. The van der Waals surface area contributed by atoms with E-state index in [4.69, 9.17) is 10.2 Å². The molecule has 3 nitrogen and oxygen atoms in total. The summed E-state index contributed by atoms with van der Waals surface area (Å²) in [4.78, 5) is 10.8. The van der Waals surface area contributed by atoms with Gasteiger partial charge in [-0.2, -0.15) is 0 Å². The van der Waals surface area contributed by atoms with Gasteiger partial charge in [-0.3, -0.25) is 4.79 Å². The maximum Gasteiger partial charge on any atom is 0.284 e. The van der Waals surface area contributed by atoms with E-state index in [1.54, 1.807) is 12.1 Å². The van der Waals surface area contributed by atoms with Gasteiger partial charge in [0, 0.05) is 0 Å². The fraction of sp³-hybridized carbons (Fsp3) is 0. The zero-order valence-electron chi connectivity index (χ0n) is 8.01. The molecule has 3 heteroatoms. The molecule has 0 fully saturated rings. The molecule has 0 unspecified atom stereocenters. The van der Waals surface area contributed by atoms with Crippen molar-refractivity contribution in [3.63, 3.8) is 0 Å². The number of rotatable bonds is 3. The molecule has 0 saturated carbocycles. The van der Waals surface area contributed by atoms with Crippen LogP contribution in [0.15, 0.2) is 46.9 Å². The van der Waals surface area contributed by atoms with E-state index >= 15 is 0 Å². The quantitative estimate of drug-likeness (QED) is 0.823. The van der Waals surface area contributed by atoms with Crippen LogP contribution in [0.25, 0.3) is 0 Å². The van der Waals surface area contributed by atoms with Crippen LogP contribution in [0.1, 0.15) is 21.9 Å². The molecule has 0 bridgehead atoms. The van der Waals surface area contributed by atoms with Gasteiger partial charge in [0.1, 0.15) is 5.76 Å². The minimum Gasteiger partial charge on any atom is -0.455 e. The molecular weight excluding hydrogens is 190 g/mol. The van der Waals surface area contributed by atoms with Crippen LogP contribution in [0.2, 0.25) is 0 Å². The second kappa shape index (κ2) is 4.00. The highest BCUT2D eigenvalue weighted by Crippen LogP contribution is 2.14. The number of furan rings is 1. The van der Waals surface area contributed by atoms with E-state index in [1.165, 1.54) is 0 Å². The van der Waals surface area contributed by atoms with Crippen molar-refractivity contribution in [2.45, 2.75) is 0 Å². The van der Waals surface area contributed by atoms with Crippen molar-refractivity contribution in [2.24, 2.45) is 5.73 Å². The average molecular weight is 200 g/mol. The van der Waals surface area contributed by atoms with Crippen LogP contribution >= 0.6 is 0 Å². The van der Waals surface area contributed by atoms with Crippen LogP contribution < -0.4 is 5.73 Å². The van der Waals surface area contributed by atoms with Gasteiger partial charge in [0.2, 0.25) is 0 Å². The summed E-state index contributed by atoms with van der Waals surface area (Å²) in [6.07, 6.45) is 1.84. The van der Waals surface area contributed by atoms with Gasteiger partial charge in [-0.05, 0) is 17.7 Å². The Hall–Kier alpha value is -2.03. The van der Waals surface area contributed by atoms with Crippen molar-refractivity contribution in [1.82, 2.24) is 0 Å². The first-order valence-electron chi connectivity index (χ1n) is 4.55. The lowest BCUT2D eigenvalue weighted by Crippen LogP contribution is -2.09. The normalized spacial score (nSPS) is 10.1. The zero-order chi connectivity index (χ0) is 10.7. The van der Waals surface area contributed by atoms with Crippen molar-refractivity contribution in [2.75, 3.05) is 0 Å². The molecule has 0 saturated heterocycles. The van der Waals surface area contributed by atoms with Crippen LogP contribution in [0, 0.1) is 6.42 Å². The average Bonchev–Trinajstić information content (AvgIpc) is 2.68. The summed E-state index contributed by atoms with van der Waals surface area (Å²) in [5.41, 5.74) is 6.09. The highest BCUT2D eigenvalue weighted by Gasteiger charge is 2.07. The number of carbonyl (C=O) groups is 1. The summed E-state index contributed by atoms with van der Waals surface area (Å²) < 4.78 is 5.22. The highest BCUT2D eigenvalue weighted by atomic mass is 16.3. The minimum absolute atomic E-state index is 0.178. The third kappa shape index (κ3) is 2.26. The summed E-state index contributed by atoms with van der Waals surface area (Å²) in [6, 6.07) is 13.0. The molecule has 0 aliphatic heterocycles. The summed E-state index contributed by atoms with van der Waals surface area (Å²) in [6.45, 7) is 0. The van der Waals surface area contributed by atoms with Crippen molar-refractivity contribution in [3.8, 4) is 0 Å². The summed E-state index contributed by atoms with van der Waals surface area (Å²) in [5, 5.41) is 0. The molecule has 0 spiro atoms. The van der Waals surface area contributed by atoms with Gasteiger partial charge in [-0.1, -0.05) is 30.3 Å². The van der Waals surface area contributed by atoms with Crippen molar-refractivity contribution < 1.29 is 9.21 Å². The Kier molecular flexibility index (Phi) is 2.54. The number of hydrogen-bond donors (Lipinski definition) is 1. The van der Waals surface area contributed by atoms with Crippen LogP contribution in [-0.4, -0.2) is 5.91 Å². The van der Waals surface area contributed by atoms with Crippen molar-refractivity contribution in [3.05, 3.63) is 66.0 Å². The molecule has 75 valence electrons. The summed E-state index contributed by atoms with van der Waals surface area (Å²) >= 11 is 0. The van der Waals surface area contributed by atoms with Gasteiger partial charge in [0.25, 0.3) is 5.91 Å². The predicted molar refractivity (Wildman–Crippen MR) is 56.2 cm³/mol. The van der Waals surface area contributed by atoms with E-state index in [1.807, 2.05) is 36.8 Å². The lowest BCUT2D eigenvalue weighted by atomic mass is 10.1. The molecule has 1 aromatic carbocycles. The first-order valence-corrected chi connectivity index (χ1v) is 4.55. The van der Waals surface area contributed by atoms with Gasteiger partial charge >= 0.3 is 0 Å². The lowest BCUT2D eigenvalue weighted by molar-refractivity contribution is 0.0973. The summed E-state index contributed by atoms with van der Waals surface area (Å²) in [5.74, 6) is 0.245. The van der Waals surface area contributed by atoms with Gasteiger partial charge in [-0.25, -0.2) is 0 Å². The van der Waals surface area contributed by atoms with Gasteiger partial charge in [0.05, 0.1) is 6.42 Å². The second-order valence-electron chi connectivity index (χ2n) is 3.12. The Morgan fingerprint density at radius 3 is 2.47 bits per heavy atom. The number of amides is 1.